The monoisotopic (exact) mass is 334 g/mol. The minimum atomic E-state index is 0.387. The molecule has 2 heterocycles. The first-order valence-electron chi connectivity index (χ1n) is 9.02. The SMILES string of the molecule is Cc1nsc(N2CCCN(C(=O)C[C@H]3C[C@H]4CC[C@H]3C4)CC2)n1. The van der Waals surface area contributed by atoms with Crippen molar-refractivity contribution in [3.63, 3.8) is 0 Å². The molecule has 23 heavy (non-hydrogen) atoms. The molecule has 0 spiro atoms. The van der Waals surface area contributed by atoms with Gasteiger partial charge in [-0.2, -0.15) is 4.37 Å². The number of fused-ring (bicyclic) bond motifs is 2. The molecule has 2 bridgehead atoms. The molecule has 1 aromatic heterocycles. The van der Waals surface area contributed by atoms with E-state index < -0.39 is 0 Å². The second-order valence-electron chi connectivity index (χ2n) is 7.48. The fourth-order valence-electron chi connectivity index (χ4n) is 4.75. The van der Waals surface area contributed by atoms with Gasteiger partial charge in [-0.05, 0) is 50.4 Å². The topological polar surface area (TPSA) is 49.3 Å². The van der Waals surface area contributed by atoms with Gasteiger partial charge in [-0.25, -0.2) is 4.98 Å². The molecule has 0 unspecified atom stereocenters. The fraction of sp³-hybridized carbons (Fsp3) is 0.824. The first-order valence-corrected chi connectivity index (χ1v) is 9.79. The molecule has 1 aliphatic heterocycles. The number of hydrogen-bond donors (Lipinski definition) is 0. The molecule has 2 aliphatic carbocycles. The van der Waals surface area contributed by atoms with E-state index in [1.165, 1.54) is 37.2 Å². The molecule has 126 valence electrons. The number of amides is 1. The van der Waals surface area contributed by atoms with E-state index >= 15 is 0 Å². The third-order valence-electron chi connectivity index (χ3n) is 5.96. The molecule has 2 saturated carbocycles. The summed E-state index contributed by atoms with van der Waals surface area (Å²) < 4.78 is 4.28. The minimum absolute atomic E-state index is 0.387. The predicted molar refractivity (Wildman–Crippen MR) is 91.6 cm³/mol. The van der Waals surface area contributed by atoms with Gasteiger partial charge < -0.3 is 9.80 Å². The summed E-state index contributed by atoms with van der Waals surface area (Å²) in [6.45, 7) is 5.53. The molecule has 0 radical (unpaired) electrons. The number of aryl methyl sites for hydroxylation is 1. The van der Waals surface area contributed by atoms with Crippen molar-refractivity contribution < 1.29 is 4.79 Å². The largest absolute Gasteiger partial charge is 0.345 e. The smallest absolute Gasteiger partial charge is 0.222 e. The number of rotatable bonds is 3. The molecule has 3 atom stereocenters. The highest BCUT2D eigenvalue weighted by Gasteiger charge is 2.40. The lowest BCUT2D eigenvalue weighted by molar-refractivity contribution is -0.132. The zero-order valence-electron chi connectivity index (χ0n) is 13.9. The molecule has 0 aromatic carbocycles. The van der Waals surface area contributed by atoms with E-state index in [0.29, 0.717) is 11.8 Å². The van der Waals surface area contributed by atoms with Crippen LogP contribution in [0.5, 0.6) is 0 Å². The third kappa shape index (κ3) is 3.23. The lowest BCUT2D eigenvalue weighted by Crippen LogP contribution is -2.36. The van der Waals surface area contributed by atoms with Gasteiger partial charge >= 0.3 is 0 Å². The standard InChI is InChI=1S/C17H26N4OS/c1-12-18-17(23-19-12)21-6-2-5-20(7-8-21)16(22)11-15-10-13-3-4-14(15)9-13/h13-15H,2-11H2,1H3/t13-,14-,15+/m0/s1. The summed E-state index contributed by atoms with van der Waals surface area (Å²) in [5.74, 6) is 3.68. The van der Waals surface area contributed by atoms with Crippen LogP contribution in [-0.4, -0.2) is 46.3 Å². The van der Waals surface area contributed by atoms with Gasteiger partial charge in [-0.3, -0.25) is 4.79 Å². The summed E-state index contributed by atoms with van der Waals surface area (Å²) in [6, 6.07) is 0. The van der Waals surface area contributed by atoms with Crippen LogP contribution < -0.4 is 4.90 Å². The fourth-order valence-corrected chi connectivity index (χ4v) is 5.48. The third-order valence-corrected chi connectivity index (χ3v) is 6.83. The Hall–Kier alpha value is -1.17. The maximum Gasteiger partial charge on any atom is 0.222 e. The molecule has 1 amide bonds. The maximum absolute atomic E-state index is 12.7. The van der Waals surface area contributed by atoms with Gasteiger partial charge in [-0.15, -0.1) is 0 Å². The molecule has 4 rings (SSSR count). The van der Waals surface area contributed by atoms with Crippen molar-refractivity contribution in [3.05, 3.63) is 5.82 Å². The first kappa shape index (κ1) is 15.4. The van der Waals surface area contributed by atoms with E-state index in [4.69, 9.17) is 0 Å². The van der Waals surface area contributed by atoms with E-state index in [1.54, 1.807) is 0 Å². The summed E-state index contributed by atoms with van der Waals surface area (Å²) in [5, 5.41) is 1.00. The van der Waals surface area contributed by atoms with Gasteiger partial charge in [-0.1, -0.05) is 6.42 Å². The molecule has 6 heteroatoms. The summed E-state index contributed by atoms with van der Waals surface area (Å²) >= 11 is 1.47. The van der Waals surface area contributed by atoms with Gasteiger partial charge in [0.2, 0.25) is 11.0 Å². The molecule has 1 saturated heterocycles. The van der Waals surface area contributed by atoms with Crippen LogP contribution in [0.3, 0.4) is 0 Å². The molecule has 1 aromatic rings. The summed E-state index contributed by atoms with van der Waals surface area (Å²) in [7, 11) is 0. The van der Waals surface area contributed by atoms with E-state index in [9.17, 15) is 4.79 Å². The quantitative estimate of drug-likeness (QED) is 0.853. The van der Waals surface area contributed by atoms with Crippen LogP contribution in [0.15, 0.2) is 0 Å². The van der Waals surface area contributed by atoms with Crippen molar-refractivity contribution >= 4 is 22.6 Å². The number of carbonyl (C=O) groups is 1. The number of nitrogens with zero attached hydrogens (tertiary/aromatic N) is 4. The summed E-state index contributed by atoms with van der Waals surface area (Å²) in [5.41, 5.74) is 0. The van der Waals surface area contributed by atoms with Gasteiger partial charge in [0.15, 0.2) is 0 Å². The molecule has 3 aliphatic rings. The van der Waals surface area contributed by atoms with Crippen LogP contribution in [0, 0.1) is 24.7 Å². The highest BCUT2D eigenvalue weighted by molar-refractivity contribution is 7.09. The number of hydrogen-bond acceptors (Lipinski definition) is 5. The van der Waals surface area contributed by atoms with Crippen LogP contribution in [0.25, 0.3) is 0 Å². The Bertz CT molecular complexity index is 575. The van der Waals surface area contributed by atoms with Crippen LogP contribution in [-0.2, 0) is 4.79 Å². The molecule has 0 N–H and O–H groups in total. The van der Waals surface area contributed by atoms with Crippen molar-refractivity contribution in [2.75, 3.05) is 31.1 Å². The second-order valence-corrected chi connectivity index (χ2v) is 8.21. The molecule has 5 nitrogen and oxygen atoms in total. The van der Waals surface area contributed by atoms with Gasteiger partial charge in [0.05, 0.1) is 0 Å². The van der Waals surface area contributed by atoms with Gasteiger partial charge in [0.1, 0.15) is 5.82 Å². The molecular weight excluding hydrogens is 308 g/mol. The van der Waals surface area contributed by atoms with E-state index in [1.807, 2.05) is 6.92 Å². The van der Waals surface area contributed by atoms with Gasteiger partial charge in [0, 0.05) is 44.1 Å². The Morgan fingerprint density at radius 1 is 1.22 bits per heavy atom. The van der Waals surface area contributed by atoms with Gasteiger partial charge in [0.25, 0.3) is 0 Å². The van der Waals surface area contributed by atoms with Crippen molar-refractivity contribution in [3.8, 4) is 0 Å². The van der Waals surface area contributed by atoms with Crippen molar-refractivity contribution in [1.29, 1.82) is 0 Å². The van der Waals surface area contributed by atoms with Crippen molar-refractivity contribution in [2.45, 2.75) is 45.4 Å². The maximum atomic E-state index is 12.7. The lowest BCUT2D eigenvalue weighted by Gasteiger charge is -2.26. The Morgan fingerprint density at radius 2 is 2.13 bits per heavy atom. The van der Waals surface area contributed by atoms with Crippen LogP contribution in [0.2, 0.25) is 0 Å². The van der Waals surface area contributed by atoms with Crippen molar-refractivity contribution in [1.82, 2.24) is 14.3 Å². The van der Waals surface area contributed by atoms with E-state index in [2.05, 4.69) is 19.2 Å². The summed E-state index contributed by atoms with van der Waals surface area (Å²) in [6.07, 6.45) is 7.30. The molecule has 3 fully saturated rings. The lowest BCUT2D eigenvalue weighted by atomic mass is 9.86. The van der Waals surface area contributed by atoms with Crippen LogP contribution in [0.4, 0.5) is 5.13 Å². The Kier molecular flexibility index (Phi) is 4.26. The zero-order valence-corrected chi connectivity index (χ0v) is 14.7. The minimum Gasteiger partial charge on any atom is -0.345 e. The summed E-state index contributed by atoms with van der Waals surface area (Å²) in [4.78, 5) is 21.6. The predicted octanol–water partition coefficient (Wildman–Crippen LogP) is 2.71. The Balaban J connectivity index is 1.32. The zero-order chi connectivity index (χ0) is 15.8. The van der Waals surface area contributed by atoms with Crippen molar-refractivity contribution in [2.24, 2.45) is 17.8 Å². The number of anilines is 1. The first-order chi connectivity index (χ1) is 11.2. The Morgan fingerprint density at radius 3 is 2.83 bits per heavy atom. The van der Waals surface area contributed by atoms with Crippen LogP contribution in [0.1, 0.15) is 44.3 Å². The normalized spacial score (nSPS) is 30.7. The van der Waals surface area contributed by atoms with E-state index in [0.717, 1.165) is 61.8 Å². The number of carbonyl (C=O) groups excluding carboxylic acids is 1. The second kappa shape index (κ2) is 6.38. The average Bonchev–Trinajstić information content (AvgIpc) is 3.21. The average molecular weight is 334 g/mol. The number of aromatic nitrogens is 2. The highest BCUT2D eigenvalue weighted by atomic mass is 32.1. The van der Waals surface area contributed by atoms with E-state index in [-0.39, 0.29) is 0 Å². The Labute approximate surface area is 142 Å². The van der Waals surface area contributed by atoms with Crippen LogP contribution >= 0.6 is 11.5 Å². The molecular formula is C17H26N4OS. The highest BCUT2D eigenvalue weighted by Crippen LogP contribution is 2.49.